The van der Waals surface area contributed by atoms with E-state index in [-0.39, 0.29) is 5.91 Å². The summed E-state index contributed by atoms with van der Waals surface area (Å²) in [4.78, 5) is 20.4. The fourth-order valence-electron chi connectivity index (χ4n) is 4.70. The van der Waals surface area contributed by atoms with E-state index in [0.29, 0.717) is 18.9 Å². The van der Waals surface area contributed by atoms with Gasteiger partial charge in [-0.2, -0.15) is 0 Å². The van der Waals surface area contributed by atoms with Gasteiger partial charge in [0.25, 0.3) is 0 Å². The number of amides is 1. The number of carbonyl (C=O) groups is 1. The fourth-order valence-corrected chi connectivity index (χ4v) is 4.70. The van der Waals surface area contributed by atoms with Crippen molar-refractivity contribution in [2.75, 3.05) is 59.5 Å². The van der Waals surface area contributed by atoms with E-state index in [1.54, 1.807) is 6.26 Å². The molecule has 2 saturated heterocycles. The van der Waals surface area contributed by atoms with E-state index >= 15 is 0 Å². The van der Waals surface area contributed by atoms with Crippen LogP contribution >= 0.6 is 0 Å². The van der Waals surface area contributed by atoms with Gasteiger partial charge in [0.05, 0.1) is 0 Å². The SMILES string of the molecule is CN1CCN(CCCN(C(=O)CCc2conc2-c2ccccc2)C2CCOCC2)CC1. The first-order valence-electron chi connectivity index (χ1n) is 12.0. The molecule has 0 aliphatic carbocycles. The summed E-state index contributed by atoms with van der Waals surface area (Å²) in [6, 6.07) is 10.3. The fraction of sp³-hybridized carbons (Fsp3) is 0.600. The van der Waals surface area contributed by atoms with E-state index in [1.807, 2.05) is 30.3 Å². The molecule has 0 atom stereocenters. The van der Waals surface area contributed by atoms with E-state index in [4.69, 9.17) is 9.26 Å². The minimum absolute atomic E-state index is 0.232. The molecule has 1 aromatic heterocycles. The van der Waals surface area contributed by atoms with Gasteiger partial charge < -0.3 is 24.0 Å². The van der Waals surface area contributed by atoms with Crippen LogP contribution in [0.25, 0.3) is 11.3 Å². The molecular formula is C25H36N4O3. The lowest BCUT2D eigenvalue weighted by Gasteiger charge is -2.36. The van der Waals surface area contributed by atoms with E-state index in [2.05, 4.69) is 26.9 Å². The first-order chi connectivity index (χ1) is 15.7. The Morgan fingerprint density at radius 1 is 1.12 bits per heavy atom. The molecular weight excluding hydrogens is 404 g/mol. The molecule has 2 aliphatic rings. The minimum Gasteiger partial charge on any atom is -0.381 e. The number of hydrogen-bond acceptors (Lipinski definition) is 6. The number of piperazine rings is 1. The lowest BCUT2D eigenvalue weighted by Crippen LogP contribution is -2.47. The highest BCUT2D eigenvalue weighted by Crippen LogP contribution is 2.24. The first-order valence-corrected chi connectivity index (χ1v) is 12.0. The number of nitrogens with zero attached hydrogens (tertiary/aromatic N) is 4. The summed E-state index contributed by atoms with van der Waals surface area (Å²) in [6.45, 7) is 7.88. The van der Waals surface area contributed by atoms with Crippen molar-refractivity contribution in [1.29, 1.82) is 0 Å². The predicted molar refractivity (Wildman–Crippen MR) is 124 cm³/mol. The molecule has 7 heteroatoms. The maximum atomic E-state index is 13.3. The van der Waals surface area contributed by atoms with E-state index in [9.17, 15) is 4.79 Å². The van der Waals surface area contributed by atoms with Gasteiger partial charge >= 0.3 is 0 Å². The number of aryl methyl sites for hydroxylation is 1. The highest BCUT2D eigenvalue weighted by Gasteiger charge is 2.26. The van der Waals surface area contributed by atoms with E-state index in [1.165, 1.54) is 0 Å². The minimum atomic E-state index is 0.232. The van der Waals surface area contributed by atoms with Crippen molar-refractivity contribution in [3.8, 4) is 11.3 Å². The number of carbonyl (C=O) groups excluding carboxylic acids is 1. The van der Waals surface area contributed by atoms with Crippen LogP contribution in [0.5, 0.6) is 0 Å². The summed E-state index contributed by atoms with van der Waals surface area (Å²) in [5.41, 5.74) is 2.86. The number of rotatable bonds is 9. The van der Waals surface area contributed by atoms with Gasteiger partial charge in [-0.1, -0.05) is 35.5 Å². The van der Waals surface area contributed by atoms with E-state index < -0.39 is 0 Å². The Labute approximate surface area is 191 Å². The zero-order chi connectivity index (χ0) is 22.2. The Kier molecular flexibility index (Phi) is 8.31. The van der Waals surface area contributed by atoms with Crippen LogP contribution in [0.4, 0.5) is 0 Å². The molecule has 1 aromatic carbocycles. The summed E-state index contributed by atoms with van der Waals surface area (Å²) < 4.78 is 10.8. The lowest BCUT2D eigenvalue weighted by molar-refractivity contribution is -0.135. The summed E-state index contributed by atoms with van der Waals surface area (Å²) >= 11 is 0. The van der Waals surface area contributed by atoms with Crippen molar-refractivity contribution >= 4 is 5.91 Å². The second kappa shape index (κ2) is 11.6. The van der Waals surface area contributed by atoms with Gasteiger partial charge in [-0.25, -0.2) is 0 Å². The van der Waals surface area contributed by atoms with Crippen LogP contribution in [0.2, 0.25) is 0 Å². The van der Waals surface area contributed by atoms with Crippen molar-refractivity contribution in [2.45, 2.75) is 38.1 Å². The van der Waals surface area contributed by atoms with Crippen LogP contribution in [0.1, 0.15) is 31.2 Å². The average Bonchev–Trinajstić information content (AvgIpc) is 3.31. The Morgan fingerprint density at radius 2 is 1.88 bits per heavy atom. The Bertz CT molecular complexity index is 827. The standard InChI is InChI=1S/C25H36N4O3/c1-27-14-16-28(17-15-27)12-5-13-29(23-10-18-31-19-11-23)24(30)9-8-22-20-32-26-25(22)21-6-3-2-4-7-21/h2-4,6-7,20,23H,5,8-19H2,1H3. The third-order valence-electron chi connectivity index (χ3n) is 6.72. The summed E-state index contributed by atoms with van der Waals surface area (Å²) in [6.07, 6.45) is 5.69. The van der Waals surface area contributed by atoms with Crippen molar-refractivity contribution in [2.24, 2.45) is 0 Å². The summed E-state index contributed by atoms with van der Waals surface area (Å²) in [5.74, 6) is 0.232. The normalized spacial score (nSPS) is 18.7. The van der Waals surface area contributed by atoms with Gasteiger partial charge in [-0.05, 0) is 39.3 Å². The monoisotopic (exact) mass is 440 g/mol. The Morgan fingerprint density at radius 3 is 2.62 bits per heavy atom. The second-order valence-corrected chi connectivity index (χ2v) is 8.98. The number of aromatic nitrogens is 1. The largest absolute Gasteiger partial charge is 0.381 e. The molecule has 7 nitrogen and oxygen atoms in total. The zero-order valence-electron chi connectivity index (χ0n) is 19.2. The van der Waals surface area contributed by atoms with Gasteiger partial charge in [-0.15, -0.1) is 0 Å². The van der Waals surface area contributed by atoms with Gasteiger partial charge in [0.2, 0.25) is 5.91 Å². The van der Waals surface area contributed by atoms with Crippen LogP contribution < -0.4 is 0 Å². The Balaban J connectivity index is 1.33. The van der Waals surface area contributed by atoms with E-state index in [0.717, 1.165) is 88.6 Å². The van der Waals surface area contributed by atoms with Gasteiger partial charge in [-0.3, -0.25) is 4.79 Å². The first kappa shape index (κ1) is 23.0. The molecule has 32 heavy (non-hydrogen) atoms. The highest BCUT2D eigenvalue weighted by molar-refractivity contribution is 5.77. The highest BCUT2D eigenvalue weighted by atomic mass is 16.5. The molecule has 1 amide bonds. The van der Waals surface area contributed by atoms with Gasteiger partial charge in [0.1, 0.15) is 12.0 Å². The van der Waals surface area contributed by atoms with Gasteiger partial charge in [0.15, 0.2) is 0 Å². The molecule has 0 radical (unpaired) electrons. The number of benzene rings is 1. The molecule has 2 aromatic rings. The molecule has 0 saturated carbocycles. The third-order valence-corrected chi connectivity index (χ3v) is 6.72. The summed E-state index contributed by atoms with van der Waals surface area (Å²) in [5, 5.41) is 4.18. The average molecular weight is 441 g/mol. The van der Waals surface area contributed by atoms with Crippen LogP contribution in [0.3, 0.4) is 0 Å². The van der Waals surface area contributed by atoms with Gasteiger partial charge in [0, 0.05) is 69.5 Å². The van der Waals surface area contributed by atoms with Crippen molar-refractivity contribution < 1.29 is 14.1 Å². The van der Waals surface area contributed by atoms with Crippen molar-refractivity contribution in [3.05, 3.63) is 42.2 Å². The van der Waals surface area contributed by atoms with Crippen LogP contribution in [0, 0.1) is 0 Å². The van der Waals surface area contributed by atoms with Crippen LogP contribution in [-0.2, 0) is 16.0 Å². The smallest absolute Gasteiger partial charge is 0.223 e. The summed E-state index contributed by atoms with van der Waals surface area (Å²) in [7, 11) is 2.18. The molecule has 0 N–H and O–H groups in total. The maximum absolute atomic E-state index is 13.3. The topological polar surface area (TPSA) is 62.0 Å². The predicted octanol–water partition coefficient (Wildman–Crippen LogP) is 2.92. The quantitative estimate of drug-likeness (QED) is 0.598. The van der Waals surface area contributed by atoms with Crippen LogP contribution in [-0.4, -0.2) is 91.3 Å². The number of hydrogen-bond donors (Lipinski definition) is 0. The number of ether oxygens (including phenoxy) is 1. The molecule has 3 heterocycles. The van der Waals surface area contributed by atoms with Crippen molar-refractivity contribution in [1.82, 2.24) is 19.9 Å². The molecule has 2 fully saturated rings. The van der Waals surface area contributed by atoms with Crippen molar-refractivity contribution in [3.63, 3.8) is 0 Å². The molecule has 0 spiro atoms. The Hall–Kier alpha value is -2.22. The van der Waals surface area contributed by atoms with Crippen LogP contribution in [0.15, 0.2) is 41.1 Å². The lowest BCUT2D eigenvalue weighted by atomic mass is 10.0. The molecule has 4 rings (SSSR count). The third kappa shape index (κ3) is 6.18. The molecule has 174 valence electrons. The molecule has 2 aliphatic heterocycles. The number of likely N-dealkylation sites (N-methyl/N-ethyl adjacent to an activating group) is 1. The molecule has 0 unspecified atom stereocenters. The maximum Gasteiger partial charge on any atom is 0.223 e. The second-order valence-electron chi connectivity index (χ2n) is 8.98. The zero-order valence-corrected chi connectivity index (χ0v) is 19.2. The molecule has 0 bridgehead atoms.